The maximum atomic E-state index is 11.9. The second-order valence-corrected chi connectivity index (χ2v) is 8.43. The van der Waals surface area contributed by atoms with Crippen molar-refractivity contribution in [3.8, 4) is 0 Å². The number of hydrogen-bond donors (Lipinski definition) is 1. The molecule has 1 aliphatic rings. The van der Waals surface area contributed by atoms with E-state index in [2.05, 4.69) is 14.6 Å². The Morgan fingerprint density at radius 2 is 2.04 bits per heavy atom. The molecular formula is C14H23N3O4S2. The molecule has 2 rings (SSSR count). The molecule has 1 aromatic rings. The third-order valence-electron chi connectivity index (χ3n) is 3.74. The summed E-state index contributed by atoms with van der Waals surface area (Å²) in [6, 6.07) is -0.0261. The number of carbonyl (C=O) groups excluding carboxylic acids is 1. The lowest BCUT2D eigenvalue weighted by molar-refractivity contribution is 0.0531. The molecule has 1 N–H and O–H groups in total. The third kappa shape index (κ3) is 4.65. The quantitative estimate of drug-likeness (QED) is 0.773. The number of aromatic nitrogens is 1. The number of nitrogens with one attached hydrogen (secondary N) is 1. The van der Waals surface area contributed by atoms with Crippen molar-refractivity contribution < 1.29 is 17.9 Å². The average molecular weight is 361 g/mol. The van der Waals surface area contributed by atoms with E-state index in [9.17, 15) is 13.2 Å². The zero-order valence-electron chi connectivity index (χ0n) is 13.7. The molecule has 0 spiro atoms. The van der Waals surface area contributed by atoms with Crippen LogP contribution in [-0.4, -0.2) is 50.9 Å². The predicted molar refractivity (Wildman–Crippen MR) is 90.6 cm³/mol. The summed E-state index contributed by atoms with van der Waals surface area (Å²) in [5.74, 6) is -0.235. The van der Waals surface area contributed by atoms with E-state index in [1.54, 1.807) is 20.8 Å². The number of thiazole rings is 1. The average Bonchev–Trinajstić information content (AvgIpc) is 2.90. The van der Waals surface area contributed by atoms with Crippen molar-refractivity contribution in [2.45, 2.75) is 39.7 Å². The number of aryl methyl sites for hydroxylation is 1. The van der Waals surface area contributed by atoms with E-state index in [1.807, 2.05) is 0 Å². The molecule has 1 fully saturated rings. The van der Waals surface area contributed by atoms with Gasteiger partial charge in [-0.2, -0.15) is 0 Å². The van der Waals surface area contributed by atoms with Gasteiger partial charge in [-0.3, -0.25) is 0 Å². The van der Waals surface area contributed by atoms with Crippen LogP contribution in [0.3, 0.4) is 0 Å². The Balaban J connectivity index is 1.98. The van der Waals surface area contributed by atoms with Gasteiger partial charge in [0, 0.05) is 19.1 Å². The molecule has 7 nitrogen and oxygen atoms in total. The first-order chi connectivity index (χ1) is 10.9. The highest BCUT2D eigenvalue weighted by atomic mass is 32.2. The second-order valence-electron chi connectivity index (χ2n) is 5.41. The molecule has 0 bridgehead atoms. The summed E-state index contributed by atoms with van der Waals surface area (Å²) in [5.41, 5.74) is 0.678. The largest absolute Gasteiger partial charge is 0.462 e. The lowest BCUT2D eigenvalue weighted by Gasteiger charge is -2.31. The number of hydrogen-bond acceptors (Lipinski definition) is 7. The van der Waals surface area contributed by atoms with Crippen molar-refractivity contribution in [1.29, 1.82) is 0 Å². The fourth-order valence-corrected chi connectivity index (χ4v) is 4.35. The summed E-state index contributed by atoms with van der Waals surface area (Å²) in [6.07, 6.45) is 1.46. The normalized spacial score (nSPS) is 16.6. The number of sulfonamides is 1. The van der Waals surface area contributed by atoms with Crippen LogP contribution >= 0.6 is 11.3 Å². The standard InChI is InChI=1S/C14H23N3O4S2/c1-4-21-13(18)12-10(3)15-14(22-12)17-8-6-11(7-9-17)16-23(19,20)5-2/h11,16H,4-9H2,1-3H3. The molecule has 23 heavy (non-hydrogen) atoms. The number of piperidine rings is 1. The van der Waals surface area contributed by atoms with Crippen LogP contribution in [0.4, 0.5) is 5.13 Å². The van der Waals surface area contributed by atoms with Gasteiger partial charge in [-0.1, -0.05) is 11.3 Å². The summed E-state index contributed by atoms with van der Waals surface area (Å²) in [6.45, 7) is 6.98. The summed E-state index contributed by atoms with van der Waals surface area (Å²) in [5, 5.41) is 0.794. The predicted octanol–water partition coefficient (Wildman–Crippen LogP) is 1.54. The number of esters is 1. The molecule has 0 radical (unpaired) electrons. The molecule has 130 valence electrons. The SMILES string of the molecule is CCOC(=O)c1sc(N2CCC(NS(=O)(=O)CC)CC2)nc1C. The van der Waals surface area contributed by atoms with E-state index in [4.69, 9.17) is 4.74 Å². The second kappa shape index (κ2) is 7.59. The minimum Gasteiger partial charge on any atom is -0.462 e. The highest BCUT2D eigenvalue weighted by Crippen LogP contribution is 2.29. The van der Waals surface area contributed by atoms with Crippen LogP contribution in [0.5, 0.6) is 0 Å². The third-order valence-corrected chi connectivity index (χ3v) is 6.39. The first-order valence-electron chi connectivity index (χ1n) is 7.75. The molecule has 0 aromatic carbocycles. The Hall–Kier alpha value is -1.19. The van der Waals surface area contributed by atoms with Gasteiger partial charge in [0.2, 0.25) is 10.0 Å². The van der Waals surface area contributed by atoms with Gasteiger partial charge in [0.05, 0.1) is 18.1 Å². The molecule has 1 aliphatic heterocycles. The molecular weight excluding hydrogens is 338 g/mol. The van der Waals surface area contributed by atoms with Crippen molar-refractivity contribution in [2.75, 3.05) is 30.3 Å². The van der Waals surface area contributed by atoms with Crippen molar-refractivity contribution in [3.05, 3.63) is 10.6 Å². The van der Waals surface area contributed by atoms with Gasteiger partial charge in [0.25, 0.3) is 0 Å². The van der Waals surface area contributed by atoms with E-state index in [1.165, 1.54) is 11.3 Å². The van der Waals surface area contributed by atoms with E-state index in [-0.39, 0.29) is 17.8 Å². The van der Waals surface area contributed by atoms with Gasteiger partial charge >= 0.3 is 5.97 Å². The van der Waals surface area contributed by atoms with E-state index in [0.717, 1.165) is 18.0 Å². The molecule has 0 amide bonds. The number of carbonyl (C=O) groups is 1. The first-order valence-corrected chi connectivity index (χ1v) is 10.2. The molecule has 1 aromatic heterocycles. The number of ether oxygens (including phenoxy) is 1. The Kier molecular flexibility index (Phi) is 5.99. The van der Waals surface area contributed by atoms with Gasteiger partial charge in [0.1, 0.15) is 4.88 Å². The number of rotatable bonds is 6. The molecule has 2 heterocycles. The van der Waals surface area contributed by atoms with Crippen molar-refractivity contribution in [2.24, 2.45) is 0 Å². The first kappa shape index (κ1) is 18.2. The van der Waals surface area contributed by atoms with Gasteiger partial charge < -0.3 is 9.64 Å². The van der Waals surface area contributed by atoms with E-state index < -0.39 is 10.0 Å². The molecule has 1 saturated heterocycles. The smallest absolute Gasteiger partial charge is 0.350 e. The minimum absolute atomic E-state index is 0.0261. The van der Waals surface area contributed by atoms with Crippen LogP contribution in [0.1, 0.15) is 42.1 Å². The van der Waals surface area contributed by atoms with Crippen LogP contribution in [-0.2, 0) is 14.8 Å². The number of anilines is 1. The zero-order valence-corrected chi connectivity index (χ0v) is 15.3. The van der Waals surface area contributed by atoms with Crippen molar-refractivity contribution in [1.82, 2.24) is 9.71 Å². The Labute approximate surface area is 141 Å². The van der Waals surface area contributed by atoms with Crippen LogP contribution in [0.25, 0.3) is 0 Å². The summed E-state index contributed by atoms with van der Waals surface area (Å²) in [7, 11) is -3.16. The minimum atomic E-state index is -3.16. The lowest BCUT2D eigenvalue weighted by Crippen LogP contribution is -2.45. The lowest BCUT2D eigenvalue weighted by atomic mass is 10.1. The topological polar surface area (TPSA) is 88.6 Å². The summed E-state index contributed by atoms with van der Waals surface area (Å²) in [4.78, 5) is 18.9. The van der Waals surface area contributed by atoms with E-state index >= 15 is 0 Å². The molecule has 0 aliphatic carbocycles. The van der Waals surface area contributed by atoms with Crippen molar-refractivity contribution >= 4 is 32.5 Å². The van der Waals surface area contributed by atoms with Gasteiger partial charge in [-0.25, -0.2) is 22.9 Å². The van der Waals surface area contributed by atoms with Gasteiger partial charge in [0.15, 0.2) is 5.13 Å². The van der Waals surface area contributed by atoms with Gasteiger partial charge in [-0.05, 0) is 33.6 Å². The molecule has 9 heteroatoms. The van der Waals surface area contributed by atoms with Crippen molar-refractivity contribution in [3.63, 3.8) is 0 Å². The zero-order chi connectivity index (χ0) is 17.0. The molecule has 0 saturated carbocycles. The monoisotopic (exact) mass is 361 g/mol. The van der Waals surface area contributed by atoms with Crippen LogP contribution in [0.15, 0.2) is 0 Å². The Morgan fingerprint density at radius 1 is 1.39 bits per heavy atom. The van der Waals surface area contributed by atoms with Crippen LogP contribution in [0, 0.1) is 6.92 Å². The Morgan fingerprint density at radius 3 is 2.61 bits per heavy atom. The van der Waals surface area contributed by atoms with E-state index in [0.29, 0.717) is 30.3 Å². The Bertz CT molecular complexity index is 649. The highest BCUT2D eigenvalue weighted by molar-refractivity contribution is 7.89. The van der Waals surface area contributed by atoms with Crippen LogP contribution < -0.4 is 9.62 Å². The van der Waals surface area contributed by atoms with Crippen LogP contribution in [0.2, 0.25) is 0 Å². The fourth-order valence-electron chi connectivity index (χ4n) is 2.43. The fraction of sp³-hybridized carbons (Fsp3) is 0.714. The maximum Gasteiger partial charge on any atom is 0.350 e. The molecule has 0 unspecified atom stereocenters. The number of nitrogens with zero attached hydrogens (tertiary/aromatic N) is 2. The van der Waals surface area contributed by atoms with Gasteiger partial charge in [-0.15, -0.1) is 0 Å². The summed E-state index contributed by atoms with van der Waals surface area (Å²) >= 11 is 1.33. The highest BCUT2D eigenvalue weighted by Gasteiger charge is 2.26. The maximum absolute atomic E-state index is 11.9. The summed E-state index contributed by atoms with van der Waals surface area (Å²) < 4.78 is 31.0. The molecule has 0 atom stereocenters.